The fourth-order valence-corrected chi connectivity index (χ4v) is 1.36. The second-order valence-corrected chi connectivity index (χ2v) is 3.04. The lowest BCUT2D eigenvalue weighted by molar-refractivity contribution is -0.486. The summed E-state index contributed by atoms with van der Waals surface area (Å²) in [6.45, 7) is 1.24. The topological polar surface area (TPSA) is 69.4 Å². The minimum atomic E-state index is -0.356. The van der Waals surface area contributed by atoms with E-state index in [2.05, 4.69) is 0 Å². The third-order valence-corrected chi connectivity index (χ3v) is 1.83. The summed E-state index contributed by atoms with van der Waals surface area (Å²) >= 11 is 0. The van der Waals surface area contributed by atoms with Crippen LogP contribution in [0.25, 0.3) is 0 Å². The summed E-state index contributed by atoms with van der Waals surface area (Å²) in [5, 5.41) is 10.1. The lowest BCUT2D eigenvalue weighted by atomic mass is 10.1. The third-order valence-electron chi connectivity index (χ3n) is 1.83. The maximum Gasteiger partial charge on any atom is 0.303 e. The van der Waals surface area contributed by atoms with Crippen molar-refractivity contribution < 1.29 is 14.5 Å². The summed E-state index contributed by atoms with van der Waals surface area (Å²) in [6, 6.07) is 0. The number of hydrogen-bond acceptors (Lipinski definition) is 4. The predicted octanol–water partition coefficient (Wildman–Crippen LogP) is 0.771. The van der Waals surface area contributed by atoms with Crippen molar-refractivity contribution in [2.45, 2.75) is 19.4 Å². The monoisotopic (exact) mass is 185 g/mol. The lowest BCUT2D eigenvalue weighted by Crippen LogP contribution is -2.16. The average molecular weight is 185 g/mol. The molecule has 0 saturated heterocycles. The van der Waals surface area contributed by atoms with E-state index in [0.29, 0.717) is 6.42 Å². The van der Waals surface area contributed by atoms with Crippen LogP contribution in [-0.2, 0) is 9.53 Å². The summed E-state index contributed by atoms with van der Waals surface area (Å²) in [5.74, 6) is -0.448. The van der Waals surface area contributed by atoms with Crippen molar-refractivity contribution in [2.24, 2.45) is 5.92 Å². The van der Waals surface area contributed by atoms with Crippen molar-refractivity contribution in [1.82, 2.24) is 0 Å². The first-order valence-electron chi connectivity index (χ1n) is 4.05. The van der Waals surface area contributed by atoms with Crippen molar-refractivity contribution in [1.29, 1.82) is 0 Å². The number of hydrogen-bond donors (Lipinski definition) is 0. The molecule has 0 spiro atoms. The van der Waals surface area contributed by atoms with Crippen LogP contribution in [0, 0.1) is 16.0 Å². The largest absolute Gasteiger partial charge is 0.458 e. The van der Waals surface area contributed by atoms with Crippen LogP contribution in [0.3, 0.4) is 0 Å². The molecular weight excluding hydrogens is 174 g/mol. The quantitative estimate of drug-likeness (QED) is 0.282. The first-order valence-corrected chi connectivity index (χ1v) is 4.05. The van der Waals surface area contributed by atoms with Crippen LogP contribution in [0.2, 0.25) is 0 Å². The molecule has 1 rings (SSSR count). The molecular formula is C8H11NO4. The first-order chi connectivity index (χ1) is 6.08. The van der Waals surface area contributed by atoms with Crippen molar-refractivity contribution >= 4 is 5.97 Å². The Kier molecular flexibility index (Phi) is 3.00. The van der Waals surface area contributed by atoms with Gasteiger partial charge in [-0.05, 0) is 6.08 Å². The Hall–Kier alpha value is -1.39. The summed E-state index contributed by atoms with van der Waals surface area (Å²) in [5.41, 5.74) is 0. The molecule has 0 radical (unpaired) electrons. The van der Waals surface area contributed by atoms with Crippen LogP contribution >= 0.6 is 0 Å². The van der Waals surface area contributed by atoms with E-state index in [4.69, 9.17) is 4.74 Å². The van der Waals surface area contributed by atoms with Crippen molar-refractivity contribution in [2.75, 3.05) is 6.54 Å². The molecule has 72 valence electrons. The number of carbonyl (C=O) groups excluding carboxylic acids is 1. The van der Waals surface area contributed by atoms with Crippen LogP contribution in [0.15, 0.2) is 12.2 Å². The molecule has 0 aromatic rings. The molecule has 0 saturated carbocycles. The molecule has 2 atom stereocenters. The molecule has 1 aliphatic carbocycles. The van der Waals surface area contributed by atoms with E-state index in [0.717, 1.165) is 0 Å². The summed E-state index contributed by atoms with van der Waals surface area (Å²) in [4.78, 5) is 20.3. The predicted molar refractivity (Wildman–Crippen MR) is 44.7 cm³/mol. The van der Waals surface area contributed by atoms with Gasteiger partial charge in [-0.2, -0.15) is 0 Å². The van der Waals surface area contributed by atoms with Gasteiger partial charge in [0.25, 0.3) is 0 Å². The fraction of sp³-hybridized carbons (Fsp3) is 0.625. The molecule has 0 fully saturated rings. The van der Waals surface area contributed by atoms with E-state index in [1.807, 2.05) is 0 Å². The Morgan fingerprint density at radius 2 is 2.38 bits per heavy atom. The van der Waals surface area contributed by atoms with Gasteiger partial charge in [-0.3, -0.25) is 14.9 Å². The molecule has 0 amide bonds. The fourth-order valence-electron chi connectivity index (χ4n) is 1.36. The van der Waals surface area contributed by atoms with E-state index in [1.54, 1.807) is 12.2 Å². The van der Waals surface area contributed by atoms with Gasteiger partial charge >= 0.3 is 5.97 Å². The van der Waals surface area contributed by atoms with Gasteiger partial charge in [0.05, 0.1) is 0 Å². The number of rotatable bonds is 3. The first kappa shape index (κ1) is 9.70. The Bertz CT molecular complexity index is 225. The van der Waals surface area contributed by atoms with Gasteiger partial charge in [-0.15, -0.1) is 0 Å². The molecule has 13 heavy (non-hydrogen) atoms. The maximum atomic E-state index is 10.5. The lowest BCUT2D eigenvalue weighted by Gasteiger charge is -2.08. The molecule has 0 aromatic carbocycles. The standard InChI is InChI=1S/C8H11NO4/c1-6(10)13-8-3-2-7(4-8)5-9(11)12/h2-3,7-8H,4-5H2,1H3/t7-,8+/m0/s1. The Balaban J connectivity index is 2.33. The summed E-state index contributed by atoms with van der Waals surface area (Å²) in [6.07, 6.45) is 3.69. The molecule has 0 unspecified atom stereocenters. The zero-order valence-electron chi connectivity index (χ0n) is 7.30. The molecule has 0 aromatic heterocycles. The van der Waals surface area contributed by atoms with Gasteiger partial charge in [0.2, 0.25) is 6.54 Å². The second kappa shape index (κ2) is 4.02. The van der Waals surface area contributed by atoms with Gasteiger partial charge in [0.1, 0.15) is 6.10 Å². The molecule has 1 aliphatic rings. The van der Waals surface area contributed by atoms with Crippen LogP contribution in [0.4, 0.5) is 0 Å². The summed E-state index contributed by atoms with van der Waals surface area (Å²) in [7, 11) is 0. The molecule has 0 heterocycles. The van der Waals surface area contributed by atoms with E-state index in [-0.39, 0.29) is 29.5 Å². The highest BCUT2D eigenvalue weighted by Gasteiger charge is 2.24. The van der Waals surface area contributed by atoms with E-state index < -0.39 is 0 Å². The van der Waals surface area contributed by atoms with Crippen molar-refractivity contribution in [3.63, 3.8) is 0 Å². The number of nitro groups is 1. The normalized spacial score (nSPS) is 25.9. The zero-order chi connectivity index (χ0) is 9.84. The molecule has 0 aliphatic heterocycles. The Morgan fingerprint density at radius 3 is 2.92 bits per heavy atom. The average Bonchev–Trinajstić information content (AvgIpc) is 2.33. The number of ether oxygens (including phenoxy) is 1. The molecule has 5 heteroatoms. The zero-order valence-corrected chi connectivity index (χ0v) is 7.30. The van der Waals surface area contributed by atoms with Gasteiger partial charge in [0, 0.05) is 24.2 Å². The Morgan fingerprint density at radius 1 is 1.69 bits per heavy atom. The minimum Gasteiger partial charge on any atom is -0.458 e. The maximum absolute atomic E-state index is 10.5. The van der Waals surface area contributed by atoms with Crippen molar-refractivity contribution in [3.8, 4) is 0 Å². The number of carbonyl (C=O) groups is 1. The van der Waals surface area contributed by atoms with E-state index in [1.165, 1.54) is 6.92 Å². The highest BCUT2D eigenvalue weighted by Crippen LogP contribution is 2.20. The van der Waals surface area contributed by atoms with Crippen molar-refractivity contribution in [3.05, 3.63) is 22.3 Å². The minimum absolute atomic E-state index is 0.0890. The molecule has 0 N–H and O–H groups in total. The van der Waals surface area contributed by atoms with Gasteiger partial charge in [-0.1, -0.05) is 6.08 Å². The van der Waals surface area contributed by atoms with Crippen LogP contribution in [0.5, 0.6) is 0 Å². The van der Waals surface area contributed by atoms with Gasteiger partial charge in [-0.25, -0.2) is 0 Å². The highest BCUT2D eigenvalue weighted by atomic mass is 16.6. The molecule has 5 nitrogen and oxygen atoms in total. The van der Waals surface area contributed by atoms with E-state index >= 15 is 0 Å². The number of nitrogens with zero attached hydrogens (tertiary/aromatic N) is 1. The number of esters is 1. The Labute approximate surface area is 75.5 Å². The highest BCUT2D eigenvalue weighted by molar-refractivity contribution is 5.66. The van der Waals surface area contributed by atoms with E-state index in [9.17, 15) is 14.9 Å². The smallest absolute Gasteiger partial charge is 0.303 e. The van der Waals surface area contributed by atoms with Crippen LogP contribution in [-0.4, -0.2) is 23.5 Å². The van der Waals surface area contributed by atoms with Gasteiger partial charge in [0.15, 0.2) is 0 Å². The third kappa shape index (κ3) is 3.23. The van der Waals surface area contributed by atoms with Crippen LogP contribution in [0.1, 0.15) is 13.3 Å². The SMILES string of the molecule is CC(=O)O[C@@H]1C=C[C@H](C[N+](=O)[O-])C1. The summed E-state index contributed by atoms with van der Waals surface area (Å²) < 4.78 is 4.87. The second-order valence-electron chi connectivity index (χ2n) is 3.04. The van der Waals surface area contributed by atoms with Crippen LogP contribution < -0.4 is 0 Å². The molecule has 0 bridgehead atoms. The van der Waals surface area contributed by atoms with Gasteiger partial charge < -0.3 is 4.74 Å².